The highest BCUT2D eigenvalue weighted by molar-refractivity contribution is 6.09. The summed E-state index contributed by atoms with van der Waals surface area (Å²) in [5, 5.41) is 2.80. The van der Waals surface area contributed by atoms with Gasteiger partial charge in [0.15, 0.2) is 0 Å². The molecule has 1 N–H and O–H groups in total. The van der Waals surface area contributed by atoms with Gasteiger partial charge < -0.3 is 15.0 Å². The Morgan fingerprint density at radius 3 is 2.90 bits per heavy atom. The molecule has 0 bridgehead atoms. The third-order valence-corrected chi connectivity index (χ3v) is 4.13. The van der Waals surface area contributed by atoms with Crippen molar-refractivity contribution in [1.82, 2.24) is 0 Å². The van der Waals surface area contributed by atoms with Crippen LogP contribution in [-0.2, 0) is 14.3 Å². The van der Waals surface area contributed by atoms with Crippen LogP contribution in [0.1, 0.15) is 26.2 Å². The van der Waals surface area contributed by atoms with Gasteiger partial charge in [-0.25, -0.2) is 0 Å². The zero-order chi connectivity index (χ0) is 14.8. The van der Waals surface area contributed by atoms with Crippen LogP contribution in [0.25, 0.3) is 0 Å². The highest BCUT2D eigenvalue weighted by Gasteiger charge is 2.34. The lowest BCUT2D eigenvalue weighted by Crippen LogP contribution is -2.44. The number of benzene rings is 1. The van der Waals surface area contributed by atoms with Gasteiger partial charge in [-0.3, -0.25) is 9.59 Å². The first kappa shape index (κ1) is 14.1. The van der Waals surface area contributed by atoms with Gasteiger partial charge >= 0.3 is 0 Å². The van der Waals surface area contributed by atoms with Crippen molar-refractivity contribution in [3.8, 4) is 0 Å². The average Bonchev–Trinajstić information content (AvgIpc) is 2.44. The van der Waals surface area contributed by atoms with Crippen LogP contribution < -0.4 is 10.2 Å². The number of para-hydroxylation sites is 2. The van der Waals surface area contributed by atoms with Crippen molar-refractivity contribution < 1.29 is 14.3 Å². The normalized spacial score (nSPS) is 24.0. The van der Waals surface area contributed by atoms with E-state index in [1.54, 1.807) is 4.90 Å². The number of carbonyl (C=O) groups excluding carboxylic acids is 2. The van der Waals surface area contributed by atoms with Crippen LogP contribution in [0, 0.1) is 5.92 Å². The third kappa shape index (κ3) is 2.93. The number of carbonyl (C=O) groups is 2. The zero-order valence-corrected chi connectivity index (χ0v) is 12.2. The number of nitrogens with zero attached hydrogens (tertiary/aromatic N) is 1. The molecule has 1 aromatic carbocycles. The second-order valence-electron chi connectivity index (χ2n) is 5.66. The monoisotopic (exact) mass is 288 g/mol. The summed E-state index contributed by atoms with van der Waals surface area (Å²) in [5.41, 5.74) is 1.51. The van der Waals surface area contributed by atoms with Crippen molar-refractivity contribution in [2.45, 2.75) is 32.3 Å². The lowest BCUT2D eigenvalue weighted by Gasteiger charge is -2.36. The summed E-state index contributed by atoms with van der Waals surface area (Å²) in [6.45, 7) is 2.82. The van der Waals surface area contributed by atoms with Crippen LogP contribution in [-0.4, -0.2) is 31.1 Å². The standard InChI is InChI=1S/C16H20N2O3/c1-2-21-12-7-11(8-12)9-16(20)18-10-15(19)17-13-5-3-4-6-14(13)18/h3-6,11-12H,2,7-10H2,1H3,(H,17,19). The molecule has 1 fully saturated rings. The molecule has 0 radical (unpaired) electrons. The second kappa shape index (κ2) is 5.85. The Labute approximate surface area is 124 Å². The van der Waals surface area contributed by atoms with Crippen LogP contribution >= 0.6 is 0 Å². The minimum Gasteiger partial charge on any atom is -0.378 e. The maximum atomic E-state index is 12.5. The first-order valence-corrected chi connectivity index (χ1v) is 7.48. The van der Waals surface area contributed by atoms with E-state index in [4.69, 9.17) is 4.74 Å². The maximum absolute atomic E-state index is 12.5. The van der Waals surface area contributed by atoms with Gasteiger partial charge in [-0.05, 0) is 37.8 Å². The number of hydrogen-bond acceptors (Lipinski definition) is 3. The summed E-state index contributed by atoms with van der Waals surface area (Å²) in [7, 11) is 0. The van der Waals surface area contributed by atoms with Gasteiger partial charge in [0.25, 0.3) is 0 Å². The molecule has 0 saturated heterocycles. The number of rotatable bonds is 4. The van der Waals surface area contributed by atoms with E-state index in [0.29, 0.717) is 24.1 Å². The topological polar surface area (TPSA) is 58.6 Å². The highest BCUT2D eigenvalue weighted by Crippen LogP contribution is 2.35. The maximum Gasteiger partial charge on any atom is 0.244 e. The minimum atomic E-state index is -0.136. The van der Waals surface area contributed by atoms with Crippen molar-refractivity contribution in [3.05, 3.63) is 24.3 Å². The molecule has 2 amide bonds. The van der Waals surface area contributed by atoms with Gasteiger partial charge in [0.05, 0.1) is 17.5 Å². The van der Waals surface area contributed by atoms with Crippen molar-refractivity contribution in [1.29, 1.82) is 0 Å². The van der Waals surface area contributed by atoms with E-state index >= 15 is 0 Å². The van der Waals surface area contributed by atoms with Crippen LogP contribution in [0.4, 0.5) is 11.4 Å². The number of fused-ring (bicyclic) bond motifs is 1. The fraction of sp³-hybridized carbons (Fsp3) is 0.500. The Bertz CT molecular complexity index is 552. The Morgan fingerprint density at radius 2 is 2.14 bits per heavy atom. The van der Waals surface area contributed by atoms with E-state index in [2.05, 4.69) is 5.32 Å². The molecular weight excluding hydrogens is 268 g/mol. The molecule has 1 aromatic rings. The first-order valence-electron chi connectivity index (χ1n) is 7.48. The van der Waals surface area contributed by atoms with Crippen LogP contribution in [0.3, 0.4) is 0 Å². The van der Waals surface area contributed by atoms with E-state index < -0.39 is 0 Å². The third-order valence-electron chi connectivity index (χ3n) is 4.13. The molecule has 21 heavy (non-hydrogen) atoms. The number of amides is 2. The highest BCUT2D eigenvalue weighted by atomic mass is 16.5. The molecule has 5 heteroatoms. The Morgan fingerprint density at radius 1 is 1.38 bits per heavy atom. The van der Waals surface area contributed by atoms with Crippen molar-refractivity contribution >= 4 is 23.2 Å². The number of anilines is 2. The quantitative estimate of drug-likeness (QED) is 0.923. The molecule has 0 aromatic heterocycles. The summed E-state index contributed by atoms with van der Waals surface area (Å²) < 4.78 is 5.52. The van der Waals surface area contributed by atoms with Crippen molar-refractivity contribution in [2.75, 3.05) is 23.4 Å². The van der Waals surface area contributed by atoms with Crippen molar-refractivity contribution in [3.63, 3.8) is 0 Å². The summed E-state index contributed by atoms with van der Waals surface area (Å²) in [6.07, 6.45) is 2.69. The van der Waals surface area contributed by atoms with Gasteiger partial charge in [0.1, 0.15) is 6.54 Å². The summed E-state index contributed by atoms with van der Waals surface area (Å²) in [5.74, 6) is 0.270. The number of hydrogen-bond donors (Lipinski definition) is 1. The average molecular weight is 288 g/mol. The molecule has 0 unspecified atom stereocenters. The molecule has 1 saturated carbocycles. The molecule has 5 nitrogen and oxygen atoms in total. The van der Waals surface area contributed by atoms with E-state index in [1.807, 2.05) is 31.2 Å². The zero-order valence-electron chi connectivity index (χ0n) is 12.2. The fourth-order valence-corrected chi connectivity index (χ4v) is 3.03. The molecule has 3 rings (SSSR count). The molecule has 1 aliphatic heterocycles. The summed E-state index contributed by atoms with van der Waals surface area (Å²) in [6, 6.07) is 7.42. The van der Waals surface area contributed by atoms with Crippen LogP contribution in [0.2, 0.25) is 0 Å². The molecule has 1 aliphatic carbocycles. The second-order valence-corrected chi connectivity index (χ2v) is 5.66. The fourth-order valence-electron chi connectivity index (χ4n) is 3.03. The lowest BCUT2D eigenvalue weighted by atomic mass is 9.79. The lowest BCUT2D eigenvalue weighted by molar-refractivity contribution is -0.124. The smallest absolute Gasteiger partial charge is 0.244 e. The van der Waals surface area contributed by atoms with E-state index in [1.165, 1.54) is 0 Å². The summed E-state index contributed by atoms with van der Waals surface area (Å²) in [4.78, 5) is 25.8. The minimum absolute atomic E-state index is 0.0252. The molecule has 112 valence electrons. The SMILES string of the molecule is CCOC1CC(CC(=O)N2CC(=O)Nc3ccccc32)C1. The van der Waals surface area contributed by atoms with Gasteiger partial charge in [-0.1, -0.05) is 12.1 Å². The Hall–Kier alpha value is -1.88. The van der Waals surface area contributed by atoms with E-state index in [9.17, 15) is 9.59 Å². The molecule has 2 aliphatic rings. The van der Waals surface area contributed by atoms with Crippen LogP contribution in [0.15, 0.2) is 24.3 Å². The van der Waals surface area contributed by atoms with Gasteiger partial charge in [0, 0.05) is 13.0 Å². The largest absolute Gasteiger partial charge is 0.378 e. The number of nitrogens with one attached hydrogen (secondary N) is 1. The Kier molecular flexibility index (Phi) is 3.92. The van der Waals surface area contributed by atoms with Gasteiger partial charge in [0.2, 0.25) is 11.8 Å². The van der Waals surface area contributed by atoms with E-state index in [0.717, 1.165) is 25.1 Å². The summed E-state index contributed by atoms with van der Waals surface area (Å²) >= 11 is 0. The van der Waals surface area contributed by atoms with Crippen LogP contribution in [0.5, 0.6) is 0 Å². The molecule has 0 atom stereocenters. The number of ether oxygens (including phenoxy) is 1. The predicted molar refractivity (Wildman–Crippen MR) is 80.2 cm³/mol. The molecule has 1 heterocycles. The van der Waals surface area contributed by atoms with Gasteiger partial charge in [-0.15, -0.1) is 0 Å². The Balaban J connectivity index is 1.64. The molecular formula is C16H20N2O3. The van der Waals surface area contributed by atoms with Crippen molar-refractivity contribution in [2.24, 2.45) is 5.92 Å². The first-order chi connectivity index (χ1) is 10.2. The van der Waals surface area contributed by atoms with Gasteiger partial charge in [-0.2, -0.15) is 0 Å². The molecule has 0 spiro atoms. The van der Waals surface area contributed by atoms with E-state index in [-0.39, 0.29) is 18.4 Å². The predicted octanol–water partition coefficient (Wildman–Crippen LogP) is 2.18.